The van der Waals surface area contributed by atoms with Crippen LogP contribution in [0.2, 0.25) is 0 Å². The monoisotopic (exact) mass is 339 g/mol. The average molecular weight is 339 g/mol. The molecule has 1 fully saturated rings. The molecule has 1 aliphatic rings. The average Bonchev–Trinajstić information content (AvgIpc) is 3.04. The number of hydrogen-bond donors (Lipinski definition) is 1. The first-order valence-corrected chi connectivity index (χ1v) is 8.24. The molecule has 3 rings (SSSR count). The summed E-state index contributed by atoms with van der Waals surface area (Å²) in [4.78, 5) is 30.7. The maximum absolute atomic E-state index is 12.5. The van der Waals surface area contributed by atoms with Gasteiger partial charge in [0.25, 0.3) is 0 Å². The molecule has 2 heterocycles. The van der Waals surface area contributed by atoms with Gasteiger partial charge < -0.3 is 15.0 Å². The van der Waals surface area contributed by atoms with Gasteiger partial charge >= 0.3 is 0 Å². The van der Waals surface area contributed by atoms with Crippen molar-refractivity contribution in [1.29, 1.82) is 0 Å². The van der Waals surface area contributed by atoms with Gasteiger partial charge in [-0.3, -0.25) is 9.59 Å². The summed E-state index contributed by atoms with van der Waals surface area (Å²) in [5.74, 6) is -0.0369. The number of methoxy groups -OCH3 is 1. The second kappa shape index (κ2) is 7.34. The Hall–Kier alpha value is -2.89. The molecular formula is C19H21N3O3. The highest BCUT2D eigenvalue weighted by Crippen LogP contribution is 2.29. The lowest BCUT2D eigenvalue weighted by Crippen LogP contribution is -2.30. The van der Waals surface area contributed by atoms with Gasteiger partial charge in [0.1, 0.15) is 0 Å². The molecule has 25 heavy (non-hydrogen) atoms. The lowest BCUT2D eigenvalue weighted by Gasteiger charge is -2.25. The number of hydrogen-bond acceptors (Lipinski definition) is 4. The van der Waals surface area contributed by atoms with Crippen LogP contribution in [-0.4, -0.2) is 35.4 Å². The first kappa shape index (κ1) is 17.0. The standard InChI is InChI=1S/C19H21N3O3/c1-13(14-6-4-3-5-7-14)22-12-15(10-18(22)23)19(24)21-16-8-9-17(25-2)20-11-16/h3-9,11,13,15H,10,12H2,1-2H3,(H,21,24)/t13-,15+/m1/s1. The number of carbonyl (C=O) groups is 2. The first-order valence-electron chi connectivity index (χ1n) is 8.24. The predicted octanol–water partition coefficient (Wildman–Crippen LogP) is 2.64. The smallest absolute Gasteiger partial charge is 0.229 e. The minimum atomic E-state index is -0.360. The zero-order valence-corrected chi connectivity index (χ0v) is 14.3. The third kappa shape index (κ3) is 3.79. The van der Waals surface area contributed by atoms with E-state index in [4.69, 9.17) is 4.74 Å². The zero-order valence-electron chi connectivity index (χ0n) is 14.3. The zero-order chi connectivity index (χ0) is 17.8. The summed E-state index contributed by atoms with van der Waals surface area (Å²) < 4.78 is 5.00. The van der Waals surface area contributed by atoms with E-state index in [1.807, 2.05) is 37.3 Å². The molecule has 0 unspecified atom stereocenters. The Kier molecular flexibility index (Phi) is 4.97. The van der Waals surface area contributed by atoms with Gasteiger partial charge in [0.05, 0.1) is 31.0 Å². The highest BCUT2D eigenvalue weighted by molar-refractivity contribution is 5.97. The fourth-order valence-corrected chi connectivity index (χ4v) is 3.01. The Labute approximate surface area is 146 Å². The fourth-order valence-electron chi connectivity index (χ4n) is 3.01. The Morgan fingerprint density at radius 1 is 1.28 bits per heavy atom. The van der Waals surface area contributed by atoms with E-state index in [-0.39, 0.29) is 30.2 Å². The van der Waals surface area contributed by atoms with E-state index in [0.29, 0.717) is 18.1 Å². The lowest BCUT2D eigenvalue weighted by atomic mass is 10.1. The van der Waals surface area contributed by atoms with Crippen LogP contribution in [0.15, 0.2) is 48.7 Å². The second-order valence-electron chi connectivity index (χ2n) is 6.11. The molecular weight excluding hydrogens is 318 g/mol. The Morgan fingerprint density at radius 3 is 2.68 bits per heavy atom. The Bertz CT molecular complexity index is 746. The summed E-state index contributed by atoms with van der Waals surface area (Å²) in [5.41, 5.74) is 1.66. The van der Waals surface area contributed by atoms with Crippen LogP contribution in [0.4, 0.5) is 5.69 Å². The molecule has 0 bridgehead atoms. The van der Waals surface area contributed by atoms with Gasteiger partial charge in [-0.25, -0.2) is 4.98 Å². The van der Waals surface area contributed by atoms with Crippen LogP contribution < -0.4 is 10.1 Å². The summed E-state index contributed by atoms with van der Waals surface area (Å²) >= 11 is 0. The Morgan fingerprint density at radius 2 is 2.04 bits per heavy atom. The minimum Gasteiger partial charge on any atom is -0.481 e. The largest absolute Gasteiger partial charge is 0.481 e. The summed E-state index contributed by atoms with van der Waals surface area (Å²) in [6, 6.07) is 13.2. The van der Waals surface area contributed by atoms with Gasteiger partial charge in [0.2, 0.25) is 17.7 Å². The number of nitrogens with zero attached hydrogens (tertiary/aromatic N) is 2. The number of benzene rings is 1. The molecule has 2 amide bonds. The number of carbonyl (C=O) groups excluding carboxylic acids is 2. The molecule has 6 nitrogen and oxygen atoms in total. The van der Waals surface area contributed by atoms with Crippen molar-refractivity contribution >= 4 is 17.5 Å². The van der Waals surface area contributed by atoms with Crippen LogP contribution in [-0.2, 0) is 9.59 Å². The summed E-state index contributed by atoms with van der Waals surface area (Å²) in [6.45, 7) is 2.41. The number of anilines is 1. The van der Waals surface area contributed by atoms with Gasteiger partial charge in [0.15, 0.2) is 0 Å². The van der Waals surface area contributed by atoms with Crippen LogP contribution in [0.5, 0.6) is 5.88 Å². The van der Waals surface area contributed by atoms with Crippen LogP contribution in [0, 0.1) is 5.92 Å². The summed E-state index contributed by atoms with van der Waals surface area (Å²) in [6.07, 6.45) is 1.77. The number of nitrogens with one attached hydrogen (secondary N) is 1. The van der Waals surface area contributed by atoms with Crippen molar-refractivity contribution in [3.63, 3.8) is 0 Å². The third-order valence-corrected chi connectivity index (χ3v) is 4.49. The predicted molar refractivity (Wildman–Crippen MR) is 94.1 cm³/mol. The van der Waals surface area contributed by atoms with Crippen LogP contribution >= 0.6 is 0 Å². The number of aromatic nitrogens is 1. The van der Waals surface area contributed by atoms with E-state index >= 15 is 0 Å². The molecule has 1 aliphatic heterocycles. The highest BCUT2D eigenvalue weighted by atomic mass is 16.5. The van der Waals surface area contributed by atoms with Crippen molar-refractivity contribution in [2.75, 3.05) is 19.0 Å². The second-order valence-corrected chi connectivity index (χ2v) is 6.11. The number of amides is 2. The van der Waals surface area contributed by atoms with Crippen molar-refractivity contribution in [3.8, 4) is 5.88 Å². The van der Waals surface area contributed by atoms with Crippen LogP contribution in [0.3, 0.4) is 0 Å². The maximum atomic E-state index is 12.5. The van der Waals surface area contributed by atoms with Crippen molar-refractivity contribution in [1.82, 2.24) is 9.88 Å². The topological polar surface area (TPSA) is 71.5 Å². The molecule has 6 heteroatoms. The summed E-state index contributed by atoms with van der Waals surface area (Å²) in [5, 5.41) is 2.82. The molecule has 1 N–H and O–H groups in total. The molecule has 0 radical (unpaired) electrons. The SMILES string of the molecule is COc1ccc(NC(=O)[C@H]2CC(=O)N([C@H](C)c3ccccc3)C2)cn1. The third-order valence-electron chi connectivity index (χ3n) is 4.49. The molecule has 130 valence electrons. The molecule has 2 atom stereocenters. The highest BCUT2D eigenvalue weighted by Gasteiger charge is 2.37. The van der Waals surface area contributed by atoms with Gasteiger partial charge in [-0.15, -0.1) is 0 Å². The van der Waals surface area contributed by atoms with Gasteiger partial charge in [-0.2, -0.15) is 0 Å². The van der Waals surface area contributed by atoms with E-state index in [0.717, 1.165) is 5.56 Å². The van der Waals surface area contributed by atoms with Crippen LogP contribution in [0.25, 0.3) is 0 Å². The lowest BCUT2D eigenvalue weighted by molar-refractivity contribution is -0.129. The molecule has 2 aromatic rings. The molecule has 1 aromatic carbocycles. The first-order chi connectivity index (χ1) is 12.1. The van der Waals surface area contributed by atoms with Gasteiger partial charge in [0, 0.05) is 19.0 Å². The van der Waals surface area contributed by atoms with E-state index in [2.05, 4.69) is 10.3 Å². The number of ether oxygens (including phenoxy) is 1. The van der Waals surface area contributed by atoms with Gasteiger partial charge in [-0.1, -0.05) is 30.3 Å². The van der Waals surface area contributed by atoms with E-state index in [1.165, 1.54) is 13.3 Å². The van der Waals surface area contributed by atoms with Crippen molar-refractivity contribution in [2.45, 2.75) is 19.4 Å². The minimum absolute atomic E-state index is 0.00404. The van der Waals surface area contributed by atoms with E-state index in [9.17, 15) is 9.59 Å². The van der Waals surface area contributed by atoms with Crippen molar-refractivity contribution in [2.24, 2.45) is 5.92 Å². The number of rotatable bonds is 5. The quantitative estimate of drug-likeness (QED) is 0.909. The maximum Gasteiger partial charge on any atom is 0.229 e. The molecule has 0 saturated carbocycles. The van der Waals surface area contributed by atoms with Crippen molar-refractivity contribution < 1.29 is 14.3 Å². The Balaban J connectivity index is 1.64. The van der Waals surface area contributed by atoms with E-state index in [1.54, 1.807) is 17.0 Å². The summed E-state index contributed by atoms with van der Waals surface area (Å²) in [7, 11) is 1.53. The molecule has 1 saturated heterocycles. The van der Waals surface area contributed by atoms with Gasteiger partial charge in [-0.05, 0) is 18.6 Å². The fraction of sp³-hybridized carbons (Fsp3) is 0.316. The molecule has 1 aromatic heterocycles. The van der Waals surface area contributed by atoms with E-state index < -0.39 is 0 Å². The molecule has 0 aliphatic carbocycles. The van der Waals surface area contributed by atoms with Crippen molar-refractivity contribution in [3.05, 3.63) is 54.2 Å². The van der Waals surface area contributed by atoms with Crippen LogP contribution in [0.1, 0.15) is 24.9 Å². The number of pyridine rings is 1. The normalized spacial score (nSPS) is 18.1. The number of likely N-dealkylation sites (tertiary alicyclic amines) is 1. The molecule has 0 spiro atoms.